The fourth-order valence-corrected chi connectivity index (χ4v) is 2.80. The van der Waals surface area contributed by atoms with Crippen molar-refractivity contribution in [2.24, 2.45) is 0 Å². The molecule has 0 unspecified atom stereocenters. The molecule has 2 rings (SSSR count). The average Bonchev–Trinajstić information content (AvgIpc) is 2.62. The first kappa shape index (κ1) is 20.1. The predicted molar refractivity (Wildman–Crippen MR) is 107 cm³/mol. The maximum Gasteiger partial charge on any atom is 0.243 e. The lowest BCUT2D eigenvalue weighted by Crippen LogP contribution is -2.28. The third-order valence-electron chi connectivity index (χ3n) is 3.87. The van der Waals surface area contributed by atoms with Crippen LogP contribution in [0, 0.1) is 0 Å². The molecule has 0 aromatic heterocycles. The zero-order valence-corrected chi connectivity index (χ0v) is 16.2. The Labute approximate surface area is 163 Å². The monoisotopic (exact) mass is 393 g/mol. The van der Waals surface area contributed by atoms with Crippen molar-refractivity contribution in [3.63, 3.8) is 0 Å². The Hall–Kier alpha value is -2.24. The van der Waals surface area contributed by atoms with Gasteiger partial charge in [-0.3, -0.25) is 9.59 Å². The van der Waals surface area contributed by atoms with E-state index in [-0.39, 0.29) is 18.4 Å². The number of hydrogen-bond donors (Lipinski definition) is 2. The van der Waals surface area contributed by atoms with Crippen molar-refractivity contribution < 1.29 is 9.59 Å². The molecule has 0 saturated heterocycles. The molecule has 5 nitrogen and oxygen atoms in total. The van der Waals surface area contributed by atoms with Crippen LogP contribution in [0.25, 0.3) is 0 Å². The van der Waals surface area contributed by atoms with Crippen LogP contribution in [0.4, 0.5) is 11.4 Å². The summed E-state index contributed by atoms with van der Waals surface area (Å²) >= 11 is 12.0. The van der Waals surface area contributed by atoms with Gasteiger partial charge in [-0.15, -0.1) is 0 Å². The molecular formula is C19H21Cl2N3O2. The predicted octanol–water partition coefficient (Wildman–Crippen LogP) is 4.41. The molecular weight excluding hydrogens is 373 g/mol. The Morgan fingerprint density at radius 1 is 1.04 bits per heavy atom. The molecule has 0 saturated carbocycles. The fourth-order valence-electron chi connectivity index (χ4n) is 2.45. The summed E-state index contributed by atoms with van der Waals surface area (Å²) in [4.78, 5) is 25.6. The lowest BCUT2D eigenvalue weighted by Gasteiger charge is -2.21. The van der Waals surface area contributed by atoms with Gasteiger partial charge in [0, 0.05) is 25.7 Å². The molecule has 0 bridgehead atoms. The Balaban J connectivity index is 2.02. The molecule has 2 N–H and O–H groups in total. The van der Waals surface area contributed by atoms with Crippen LogP contribution in [-0.4, -0.2) is 29.8 Å². The van der Waals surface area contributed by atoms with Gasteiger partial charge in [-0.2, -0.15) is 0 Å². The molecule has 0 spiro atoms. The second kappa shape index (κ2) is 9.46. The second-order valence-corrected chi connectivity index (χ2v) is 6.48. The fraction of sp³-hybridized carbons (Fsp3) is 0.263. The largest absolute Gasteiger partial charge is 0.376 e. The number of amides is 2. The number of benzene rings is 2. The highest BCUT2D eigenvalue weighted by Crippen LogP contribution is 2.29. The summed E-state index contributed by atoms with van der Waals surface area (Å²) in [6.45, 7) is 4.64. The summed E-state index contributed by atoms with van der Waals surface area (Å²) in [5.41, 5.74) is 2.21. The molecule has 0 aliphatic carbocycles. The highest BCUT2D eigenvalue weighted by Gasteiger charge is 2.12. The van der Waals surface area contributed by atoms with E-state index in [1.807, 2.05) is 31.2 Å². The standard InChI is InChI=1S/C19H21Cl2N3O2/c1-3-24(13(2)25)12-14-7-4-5-9-16(14)22-11-18(26)23-17-10-6-8-15(20)19(17)21/h4-10,22H,3,11-12H2,1-2H3,(H,23,26). The van der Waals surface area contributed by atoms with Crippen molar-refractivity contribution in [1.82, 2.24) is 4.90 Å². The van der Waals surface area contributed by atoms with Crippen LogP contribution in [0.15, 0.2) is 42.5 Å². The van der Waals surface area contributed by atoms with E-state index in [2.05, 4.69) is 10.6 Å². The average molecular weight is 394 g/mol. The molecule has 0 aliphatic heterocycles. The Kier molecular flexibility index (Phi) is 7.30. The summed E-state index contributed by atoms with van der Waals surface area (Å²) in [6, 6.07) is 12.6. The Morgan fingerprint density at radius 3 is 2.42 bits per heavy atom. The first-order chi connectivity index (χ1) is 12.4. The van der Waals surface area contributed by atoms with Gasteiger partial charge >= 0.3 is 0 Å². The number of rotatable bonds is 7. The number of halogens is 2. The highest BCUT2D eigenvalue weighted by atomic mass is 35.5. The number of anilines is 2. The van der Waals surface area contributed by atoms with Gasteiger partial charge in [0.2, 0.25) is 11.8 Å². The van der Waals surface area contributed by atoms with Crippen molar-refractivity contribution in [2.45, 2.75) is 20.4 Å². The lowest BCUT2D eigenvalue weighted by molar-refractivity contribution is -0.129. The quantitative estimate of drug-likeness (QED) is 0.731. The van der Waals surface area contributed by atoms with Crippen molar-refractivity contribution in [1.29, 1.82) is 0 Å². The minimum atomic E-state index is -0.247. The zero-order valence-electron chi connectivity index (χ0n) is 14.7. The van der Waals surface area contributed by atoms with E-state index in [4.69, 9.17) is 23.2 Å². The first-order valence-electron chi connectivity index (χ1n) is 8.23. The zero-order chi connectivity index (χ0) is 19.1. The number of carbonyl (C=O) groups excluding carboxylic acids is 2. The number of carbonyl (C=O) groups is 2. The van der Waals surface area contributed by atoms with Gasteiger partial charge in [0.25, 0.3) is 0 Å². The van der Waals surface area contributed by atoms with Crippen molar-refractivity contribution in [2.75, 3.05) is 23.7 Å². The van der Waals surface area contributed by atoms with Crippen molar-refractivity contribution in [3.05, 3.63) is 58.1 Å². The number of hydrogen-bond acceptors (Lipinski definition) is 3. The summed E-state index contributed by atoms with van der Waals surface area (Å²) in [6.07, 6.45) is 0. The van der Waals surface area contributed by atoms with Crippen molar-refractivity contribution >= 4 is 46.4 Å². The van der Waals surface area contributed by atoms with E-state index in [9.17, 15) is 9.59 Å². The van der Waals surface area contributed by atoms with Crippen LogP contribution in [0.2, 0.25) is 10.0 Å². The normalized spacial score (nSPS) is 10.3. The van der Waals surface area contributed by atoms with Gasteiger partial charge in [0.05, 0.1) is 22.3 Å². The SMILES string of the molecule is CCN(Cc1ccccc1NCC(=O)Nc1cccc(Cl)c1Cl)C(C)=O. The van der Waals surface area contributed by atoms with E-state index in [1.165, 1.54) is 0 Å². The molecule has 2 amide bonds. The minimum absolute atomic E-state index is 0.00986. The van der Waals surface area contributed by atoms with Crippen LogP contribution < -0.4 is 10.6 Å². The molecule has 0 aliphatic rings. The maximum atomic E-state index is 12.2. The molecule has 0 fully saturated rings. The minimum Gasteiger partial charge on any atom is -0.376 e. The molecule has 26 heavy (non-hydrogen) atoms. The summed E-state index contributed by atoms with van der Waals surface area (Å²) in [7, 11) is 0. The van der Waals surface area contributed by atoms with E-state index >= 15 is 0 Å². The van der Waals surface area contributed by atoms with Gasteiger partial charge in [0.15, 0.2) is 0 Å². The van der Waals surface area contributed by atoms with E-state index in [0.29, 0.717) is 28.8 Å². The highest BCUT2D eigenvalue weighted by molar-refractivity contribution is 6.44. The molecule has 0 atom stereocenters. The van der Waals surface area contributed by atoms with Gasteiger partial charge in [-0.05, 0) is 30.7 Å². The summed E-state index contributed by atoms with van der Waals surface area (Å²) in [5, 5.41) is 6.53. The molecule has 138 valence electrons. The van der Waals surface area contributed by atoms with Crippen LogP contribution in [0.5, 0.6) is 0 Å². The second-order valence-electron chi connectivity index (χ2n) is 5.69. The lowest BCUT2D eigenvalue weighted by atomic mass is 10.1. The molecule has 7 heteroatoms. The summed E-state index contributed by atoms with van der Waals surface area (Å²) in [5.74, 6) is -0.237. The summed E-state index contributed by atoms with van der Waals surface area (Å²) < 4.78 is 0. The molecule has 2 aromatic carbocycles. The van der Waals surface area contributed by atoms with E-state index in [1.54, 1.807) is 30.0 Å². The molecule has 0 heterocycles. The first-order valence-corrected chi connectivity index (χ1v) is 8.99. The number of para-hydroxylation sites is 1. The third-order valence-corrected chi connectivity index (χ3v) is 4.69. The number of nitrogens with zero attached hydrogens (tertiary/aromatic N) is 1. The van der Waals surface area contributed by atoms with Gasteiger partial charge < -0.3 is 15.5 Å². The van der Waals surface area contributed by atoms with Gasteiger partial charge in [-0.25, -0.2) is 0 Å². The van der Waals surface area contributed by atoms with Crippen LogP contribution in [0.3, 0.4) is 0 Å². The Morgan fingerprint density at radius 2 is 1.73 bits per heavy atom. The van der Waals surface area contributed by atoms with E-state index in [0.717, 1.165) is 11.3 Å². The van der Waals surface area contributed by atoms with Crippen LogP contribution >= 0.6 is 23.2 Å². The van der Waals surface area contributed by atoms with Crippen molar-refractivity contribution in [3.8, 4) is 0 Å². The molecule has 0 radical (unpaired) electrons. The Bertz CT molecular complexity index is 796. The maximum absolute atomic E-state index is 12.2. The topological polar surface area (TPSA) is 61.4 Å². The number of nitrogens with one attached hydrogen (secondary N) is 2. The van der Waals surface area contributed by atoms with Gasteiger partial charge in [0.1, 0.15) is 0 Å². The van der Waals surface area contributed by atoms with Gasteiger partial charge in [-0.1, -0.05) is 47.5 Å². The smallest absolute Gasteiger partial charge is 0.243 e. The molecule has 2 aromatic rings. The van der Waals surface area contributed by atoms with Crippen LogP contribution in [0.1, 0.15) is 19.4 Å². The van der Waals surface area contributed by atoms with Crippen LogP contribution in [-0.2, 0) is 16.1 Å². The third kappa shape index (κ3) is 5.38. The van der Waals surface area contributed by atoms with E-state index < -0.39 is 0 Å².